The van der Waals surface area contributed by atoms with E-state index in [-0.39, 0.29) is 0 Å². The van der Waals surface area contributed by atoms with Crippen LogP contribution in [0, 0.1) is 6.92 Å². The molecule has 1 saturated heterocycles. The van der Waals surface area contributed by atoms with Gasteiger partial charge in [0.2, 0.25) is 5.88 Å². The Balaban J connectivity index is 1.75. The summed E-state index contributed by atoms with van der Waals surface area (Å²) in [5, 5.41) is 14.8. The number of nitrogens with zero attached hydrogens (tertiary/aromatic N) is 4. The fourth-order valence-corrected chi connectivity index (χ4v) is 2.54. The number of hydrogen-bond acceptors (Lipinski definition) is 5. The Hall–Kier alpha value is -1.89. The molecule has 1 N–H and O–H groups in total. The summed E-state index contributed by atoms with van der Waals surface area (Å²) in [5.41, 5.74) is 1.76. The van der Waals surface area contributed by atoms with Gasteiger partial charge in [0.25, 0.3) is 6.41 Å². The van der Waals surface area contributed by atoms with Crippen LogP contribution in [0.5, 0.6) is 5.88 Å². The minimum Gasteiger partial charge on any atom is -0.434 e. The van der Waals surface area contributed by atoms with Crippen LogP contribution in [0.4, 0.5) is 0 Å². The average molecular weight is 302 g/mol. The van der Waals surface area contributed by atoms with Crippen LogP contribution < -0.4 is 4.74 Å². The van der Waals surface area contributed by atoms with E-state index in [2.05, 4.69) is 17.0 Å². The van der Waals surface area contributed by atoms with Crippen LogP contribution in [0.1, 0.15) is 5.69 Å². The number of likely N-dealkylation sites (N-methyl/N-ethyl adjacent to an activating group) is 1. The maximum Gasteiger partial charge on any atom is 0.261 e. The van der Waals surface area contributed by atoms with Crippen molar-refractivity contribution in [3.63, 3.8) is 0 Å². The van der Waals surface area contributed by atoms with Gasteiger partial charge in [0.05, 0.1) is 11.4 Å². The van der Waals surface area contributed by atoms with E-state index in [4.69, 9.17) is 4.74 Å². The highest BCUT2D eigenvalue weighted by molar-refractivity contribution is 5.35. The largest absolute Gasteiger partial charge is 0.434 e. The van der Waals surface area contributed by atoms with Crippen molar-refractivity contribution in [2.75, 3.05) is 33.2 Å². The van der Waals surface area contributed by atoms with Crippen LogP contribution in [0.25, 0.3) is 5.69 Å². The van der Waals surface area contributed by atoms with E-state index in [0.29, 0.717) is 5.88 Å². The van der Waals surface area contributed by atoms with Crippen LogP contribution >= 0.6 is 0 Å². The summed E-state index contributed by atoms with van der Waals surface area (Å²) < 4.78 is 7.48. The number of para-hydroxylation sites is 1. The van der Waals surface area contributed by atoms with Gasteiger partial charge in [0.15, 0.2) is 0 Å². The Morgan fingerprint density at radius 2 is 1.82 bits per heavy atom. The first-order valence-corrected chi connectivity index (χ1v) is 7.53. The van der Waals surface area contributed by atoms with Crippen molar-refractivity contribution in [2.45, 2.75) is 13.3 Å². The molecule has 6 nitrogen and oxygen atoms in total. The molecule has 0 spiro atoms. The van der Waals surface area contributed by atoms with Gasteiger partial charge in [-0.05, 0) is 26.1 Å². The molecule has 0 aliphatic carbocycles. The zero-order valence-corrected chi connectivity index (χ0v) is 13.0. The van der Waals surface area contributed by atoms with Gasteiger partial charge >= 0.3 is 0 Å². The van der Waals surface area contributed by atoms with Gasteiger partial charge in [-0.25, -0.2) is 9.58 Å². The fourth-order valence-electron chi connectivity index (χ4n) is 2.54. The molecule has 1 aliphatic heterocycles. The van der Waals surface area contributed by atoms with E-state index in [1.54, 1.807) is 4.68 Å². The number of piperazine rings is 1. The minimum absolute atomic E-state index is 0.551. The summed E-state index contributed by atoms with van der Waals surface area (Å²) in [5.74, 6) is 0.551. The van der Waals surface area contributed by atoms with E-state index in [1.165, 1.54) is 0 Å². The standard InChI is InChI=1S/C16H22N4O2/c1-13-12-15(20(17-13)14-6-4-3-5-7-14)22-16(21)19-10-8-18(2)9-11-19/h3-7,12,16,21H,8-11H2,1-2H3. The second-order valence-corrected chi connectivity index (χ2v) is 5.65. The lowest BCUT2D eigenvalue weighted by atomic mass is 10.3. The third-order valence-corrected chi connectivity index (χ3v) is 3.88. The normalized spacial score (nSPS) is 18.3. The van der Waals surface area contributed by atoms with Crippen LogP contribution in [0.15, 0.2) is 36.4 Å². The summed E-state index contributed by atoms with van der Waals surface area (Å²) >= 11 is 0. The van der Waals surface area contributed by atoms with E-state index in [1.807, 2.05) is 48.2 Å². The molecule has 1 aromatic heterocycles. The molecule has 2 aromatic rings. The molecule has 3 rings (SSSR count). The second kappa shape index (κ2) is 6.48. The molecular formula is C16H22N4O2. The van der Waals surface area contributed by atoms with Gasteiger partial charge < -0.3 is 14.7 Å². The van der Waals surface area contributed by atoms with Gasteiger partial charge in [0.1, 0.15) is 0 Å². The Labute approximate surface area is 130 Å². The van der Waals surface area contributed by atoms with Crippen molar-refractivity contribution in [3.05, 3.63) is 42.1 Å². The number of aliphatic hydroxyl groups excluding tert-OH is 1. The molecule has 2 heterocycles. The summed E-state index contributed by atoms with van der Waals surface area (Å²) in [4.78, 5) is 4.17. The molecule has 0 amide bonds. The molecule has 1 fully saturated rings. The fraction of sp³-hybridized carbons (Fsp3) is 0.438. The SMILES string of the molecule is Cc1cc(OC(O)N2CCN(C)CC2)n(-c2ccccc2)n1. The number of rotatable bonds is 4. The van der Waals surface area contributed by atoms with Gasteiger partial charge in [-0.1, -0.05) is 18.2 Å². The first kappa shape index (κ1) is 15.0. The van der Waals surface area contributed by atoms with Crippen molar-refractivity contribution >= 4 is 0 Å². The summed E-state index contributed by atoms with van der Waals surface area (Å²) in [6.07, 6.45) is -0.952. The first-order chi connectivity index (χ1) is 10.6. The lowest BCUT2D eigenvalue weighted by molar-refractivity contribution is -0.148. The maximum atomic E-state index is 10.3. The molecule has 0 radical (unpaired) electrons. The van der Waals surface area contributed by atoms with Gasteiger partial charge in [-0.15, -0.1) is 0 Å². The van der Waals surface area contributed by atoms with Crippen molar-refractivity contribution in [3.8, 4) is 11.6 Å². The van der Waals surface area contributed by atoms with E-state index in [0.717, 1.165) is 37.6 Å². The lowest BCUT2D eigenvalue weighted by Gasteiger charge is -2.34. The van der Waals surface area contributed by atoms with Gasteiger partial charge in [-0.3, -0.25) is 0 Å². The second-order valence-electron chi connectivity index (χ2n) is 5.65. The number of aromatic nitrogens is 2. The molecule has 1 aromatic carbocycles. The highest BCUT2D eigenvalue weighted by Crippen LogP contribution is 2.20. The zero-order chi connectivity index (χ0) is 15.5. The number of hydrogen-bond donors (Lipinski definition) is 1. The number of ether oxygens (including phenoxy) is 1. The molecule has 1 atom stereocenters. The average Bonchev–Trinajstić information content (AvgIpc) is 2.89. The number of benzene rings is 1. The molecule has 118 valence electrons. The predicted octanol–water partition coefficient (Wildman–Crippen LogP) is 1.08. The molecule has 1 aliphatic rings. The Kier molecular flexibility index (Phi) is 4.42. The quantitative estimate of drug-likeness (QED) is 0.857. The Morgan fingerprint density at radius 1 is 1.14 bits per heavy atom. The smallest absolute Gasteiger partial charge is 0.261 e. The van der Waals surface area contributed by atoms with Crippen molar-refractivity contribution < 1.29 is 9.84 Å². The summed E-state index contributed by atoms with van der Waals surface area (Å²) in [6, 6.07) is 11.6. The predicted molar refractivity (Wildman–Crippen MR) is 84.0 cm³/mol. The van der Waals surface area contributed by atoms with Crippen LogP contribution in [-0.4, -0.2) is 64.3 Å². The number of aryl methyl sites for hydroxylation is 1. The van der Waals surface area contributed by atoms with Gasteiger partial charge in [-0.2, -0.15) is 5.10 Å². The summed E-state index contributed by atoms with van der Waals surface area (Å²) in [7, 11) is 2.08. The third kappa shape index (κ3) is 3.30. The molecular weight excluding hydrogens is 280 g/mol. The third-order valence-electron chi connectivity index (χ3n) is 3.88. The lowest BCUT2D eigenvalue weighted by Crippen LogP contribution is -2.51. The van der Waals surface area contributed by atoms with Gasteiger partial charge in [0, 0.05) is 32.2 Å². The van der Waals surface area contributed by atoms with E-state index in [9.17, 15) is 5.11 Å². The Bertz CT molecular complexity index is 606. The molecule has 0 bridgehead atoms. The highest BCUT2D eigenvalue weighted by atomic mass is 16.6. The molecule has 0 saturated carbocycles. The Morgan fingerprint density at radius 3 is 2.50 bits per heavy atom. The summed E-state index contributed by atoms with van der Waals surface area (Å²) in [6.45, 7) is 5.34. The highest BCUT2D eigenvalue weighted by Gasteiger charge is 2.23. The van der Waals surface area contributed by atoms with Crippen LogP contribution in [-0.2, 0) is 0 Å². The molecule has 6 heteroatoms. The molecule has 1 unspecified atom stereocenters. The van der Waals surface area contributed by atoms with E-state index < -0.39 is 6.41 Å². The van der Waals surface area contributed by atoms with Crippen molar-refractivity contribution in [1.82, 2.24) is 19.6 Å². The van der Waals surface area contributed by atoms with Crippen LogP contribution in [0.3, 0.4) is 0 Å². The topological polar surface area (TPSA) is 53.8 Å². The van der Waals surface area contributed by atoms with Crippen molar-refractivity contribution in [1.29, 1.82) is 0 Å². The first-order valence-electron chi connectivity index (χ1n) is 7.53. The maximum absolute atomic E-state index is 10.3. The molecule has 22 heavy (non-hydrogen) atoms. The van der Waals surface area contributed by atoms with E-state index >= 15 is 0 Å². The van der Waals surface area contributed by atoms with Crippen molar-refractivity contribution in [2.24, 2.45) is 0 Å². The minimum atomic E-state index is -0.952. The number of aliphatic hydroxyl groups is 1. The van der Waals surface area contributed by atoms with Crippen LogP contribution in [0.2, 0.25) is 0 Å². The monoisotopic (exact) mass is 302 g/mol. The zero-order valence-electron chi connectivity index (χ0n) is 13.0.